The molecule has 2 rings (SSSR count). The highest BCUT2D eigenvalue weighted by atomic mass is 32.1. The molecule has 0 bridgehead atoms. The number of aryl methyl sites for hydroxylation is 1. The minimum Gasteiger partial charge on any atom is -0.333 e. The van der Waals surface area contributed by atoms with E-state index in [1.54, 1.807) is 11.3 Å². The van der Waals surface area contributed by atoms with Gasteiger partial charge in [-0.05, 0) is 42.2 Å². The molecule has 0 aromatic carbocycles. The number of carbonyl (C=O) groups excluding carboxylic acids is 1. The highest BCUT2D eigenvalue weighted by molar-refractivity contribution is 7.10. The summed E-state index contributed by atoms with van der Waals surface area (Å²) in [5, 5.41) is 5.14. The van der Waals surface area contributed by atoms with E-state index in [1.165, 1.54) is 10.4 Å². The average Bonchev–Trinajstić information content (AvgIpc) is 2.84. The van der Waals surface area contributed by atoms with Crippen molar-refractivity contribution in [2.75, 3.05) is 13.1 Å². The highest BCUT2D eigenvalue weighted by Crippen LogP contribution is 2.18. The van der Waals surface area contributed by atoms with Gasteiger partial charge in [-0.1, -0.05) is 13.8 Å². The summed E-state index contributed by atoms with van der Waals surface area (Å²) in [4.78, 5) is 15.3. The van der Waals surface area contributed by atoms with Crippen molar-refractivity contribution in [3.8, 4) is 0 Å². The number of rotatable bonds is 3. The number of nitrogens with one attached hydrogen (secondary N) is 1. The van der Waals surface area contributed by atoms with Crippen LogP contribution in [0.4, 0.5) is 4.79 Å². The third kappa shape index (κ3) is 3.25. The average molecular weight is 266 g/mol. The zero-order chi connectivity index (χ0) is 13.0. The van der Waals surface area contributed by atoms with Crippen LogP contribution in [0.1, 0.15) is 37.1 Å². The maximum Gasteiger partial charge on any atom is 0.317 e. The number of likely N-dealkylation sites (tertiary alicyclic amines) is 1. The molecule has 0 aliphatic carbocycles. The zero-order valence-corrected chi connectivity index (χ0v) is 12.1. The Balaban J connectivity index is 1.81. The second-order valence-corrected chi connectivity index (χ2v) is 6.05. The number of thiophene rings is 1. The third-order valence-electron chi connectivity index (χ3n) is 3.69. The normalized spacial score (nSPS) is 16.9. The Bertz CT molecular complexity index is 394. The Labute approximate surface area is 113 Å². The molecule has 3 nitrogen and oxygen atoms in total. The Hall–Kier alpha value is -1.03. The summed E-state index contributed by atoms with van der Waals surface area (Å²) in [5.74, 6) is 0.762. The molecular weight excluding hydrogens is 244 g/mol. The molecule has 1 aliphatic heterocycles. The summed E-state index contributed by atoms with van der Waals surface area (Å²) in [6.45, 7) is 6.88. The minimum atomic E-state index is 0.0948. The van der Waals surface area contributed by atoms with E-state index in [2.05, 4.69) is 30.6 Å². The predicted molar refractivity (Wildman–Crippen MR) is 75.9 cm³/mol. The van der Waals surface area contributed by atoms with Gasteiger partial charge in [0.1, 0.15) is 0 Å². The Morgan fingerprint density at radius 3 is 2.89 bits per heavy atom. The van der Waals surface area contributed by atoms with Crippen LogP contribution in [0.3, 0.4) is 0 Å². The second kappa shape index (κ2) is 6.23. The van der Waals surface area contributed by atoms with E-state index in [1.807, 2.05) is 4.90 Å². The van der Waals surface area contributed by atoms with Crippen LogP contribution < -0.4 is 5.32 Å². The Morgan fingerprint density at radius 2 is 2.22 bits per heavy atom. The van der Waals surface area contributed by atoms with Gasteiger partial charge in [-0.2, -0.15) is 0 Å². The van der Waals surface area contributed by atoms with Gasteiger partial charge in [-0.15, -0.1) is 11.3 Å². The van der Waals surface area contributed by atoms with Crippen molar-refractivity contribution in [3.63, 3.8) is 0 Å². The molecule has 0 radical (unpaired) electrons. The van der Waals surface area contributed by atoms with Crippen molar-refractivity contribution in [1.29, 1.82) is 0 Å². The molecule has 2 amide bonds. The number of nitrogens with zero attached hydrogens (tertiary/aromatic N) is 1. The van der Waals surface area contributed by atoms with Crippen molar-refractivity contribution in [2.45, 2.75) is 39.7 Å². The SMILES string of the molecule is CCc1ccsc1CNC(=O)N1CCC(C)CC1. The van der Waals surface area contributed by atoms with Crippen LogP contribution in [0.2, 0.25) is 0 Å². The first-order valence-electron chi connectivity index (χ1n) is 6.78. The molecule has 1 fully saturated rings. The molecular formula is C14H22N2OS. The lowest BCUT2D eigenvalue weighted by Crippen LogP contribution is -2.43. The topological polar surface area (TPSA) is 32.3 Å². The van der Waals surface area contributed by atoms with E-state index in [-0.39, 0.29) is 6.03 Å². The minimum absolute atomic E-state index is 0.0948. The van der Waals surface area contributed by atoms with Gasteiger partial charge in [-0.25, -0.2) is 4.79 Å². The second-order valence-electron chi connectivity index (χ2n) is 5.05. The van der Waals surface area contributed by atoms with E-state index in [4.69, 9.17) is 0 Å². The summed E-state index contributed by atoms with van der Waals surface area (Å²) in [5.41, 5.74) is 1.35. The molecule has 0 atom stereocenters. The molecule has 0 saturated carbocycles. The van der Waals surface area contributed by atoms with Crippen LogP contribution in [0, 0.1) is 5.92 Å². The molecule has 18 heavy (non-hydrogen) atoms. The van der Waals surface area contributed by atoms with E-state index in [9.17, 15) is 4.79 Å². The van der Waals surface area contributed by atoms with Gasteiger partial charge in [0.25, 0.3) is 0 Å². The molecule has 1 aromatic rings. The summed E-state index contributed by atoms with van der Waals surface area (Å²) < 4.78 is 0. The molecule has 2 heterocycles. The fourth-order valence-electron chi connectivity index (χ4n) is 2.32. The first-order valence-corrected chi connectivity index (χ1v) is 7.66. The van der Waals surface area contributed by atoms with Gasteiger partial charge >= 0.3 is 6.03 Å². The molecule has 100 valence electrons. The smallest absolute Gasteiger partial charge is 0.317 e. The fraction of sp³-hybridized carbons (Fsp3) is 0.643. The van der Waals surface area contributed by atoms with Crippen molar-refractivity contribution in [3.05, 3.63) is 21.9 Å². The first kappa shape index (κ1) is 13.4. The Morgan fingerprint density at radius 1 is 1.50 bits per heavy atom. The van der Waals surface area contributed by atoms with E-state index >= 15 is 0 Å². The van der Waals surface area contributed by atoms with Crippen molar-refractivity contribution < 1.29 is 4.79 Å². The van der Waals surface area contributed by atoms with Gasteiger partial charge in [0.05, 0.1) is 6.54 Å². The molecule has 0 spiro atoms. The number of carbonyl (C=O) groups is 1. The number of hydrogen-bond donors (Lipinski definition) is 1. The summed E-state index contributed by atoms with van der Waals surface area (Å²) >= 11 is 1.73. The molecule has 1 aliphatic rings. The van der Waals surface area contributed by atoms with E-state index in [0.717, 1.165) is 38.3 Å². The molecule has 1 aromatic heterocycles. The summed E-state index contributed by atoms with van der Waals surface area (Å²) in [6, 6.07) is 2.24. The fourth-order valence-corrected chi connectivity index (χ4v) is 3.23. The zero-order valence-electron chi connectivity index (χ0n) is 11.2. The number of hydrogen-bond acceptors (Lipinski definition) is 2. The number of piperidine rings is 1. The van der Waals surface area contributed by atoms with Crippen molar-refractivity contribution in [1.82, 2.24) is 10.2 Å². The van der Waals surface area contributed by atoms with Gasteiger partial charge in [0.2, 0.25) is 0 Å². The quantitative estimate of drug-likeness (QED) is 0.895. The lowest BCUT2D eigenvalue weighted by Gasteiger charge is -2.30. The molecule has 1 saturated heterocycles. The molecule has 4 heteroatoms. The first-order chi connectivity index (χ1) is 8.70. The predicted octanol–water partition coefficient (Wildman–Crippen LogP) is 3.25. The largest absolute Gasteiger partial charge is 0.333 e. The van der Waals surface area contributed by atoms with Crippen LogP contribution >= 0.6 is 11.3 Å². The standard InChI is InChI=1S/C14H22N2OS/c1-3-12-6-9-18-13(12)10-15-14(17)16-7-4-11(2)5-8-16/h6,9,11H,3-5,7-8,10H2,1-2H3,(H,15,17). The van der Waals surface area contributed by atoms with Crippen LogP contribution in [-0.2, 0) is 13.0 Å². The van der Waals surface area contributed by atoms with Crippen molar-refractivity contribution in [2.24, 2.45) is 5.92 Å². The van der Waals surface area contributed by atoms with E-state index in [0.29, 0.717) is 6.54 Å². The third-order valence-corrected chi connectivity index (χ3v) is 4.65. The molecule has 1 N–H and O–H groups in total. The van der Waals surface area contributed by atoms with Gasteiger partial charge in [-0.3, -0.25) is 0 Å². The Kier molecular flexibility index (Phi) is 4.64. The van der Waals surface area contributed by atoms with Crippen LogP contribution in [0.15, 0.2) is 11.4 Å². The lowest BCUT2D eigenvalue weighted by molar-refractivity contribution is 0.173. The highest BCUT2D eigenvalue weighted by Gasteiger charge is 2.20. The monoisotopic (exact) mass is 266 g/mol. The van der Waals surface area contributed by atoms with Gasteiger partial charge < -0.3 is 10.2 Å². The van der Waals surface area contributed by atoms with Crippen molar-refractivity contribution >= 4 is 17.4 Å². The number of urea groups is 1. The van der Waals surface area contributed by atoms with Gasteiger partial charge in [0, 0.05) is 18.0 Å². The molecule has 0 unspecified atom stereocenters. The van der Waals surface area contributed by atoms with Crippen LogP contribution in [0.25, 0.3) is 0 Å². The van der Waals surface area contributed by atoms with Crippen LogP contribution in [0.5, 0.6) is 0 Å². The lowest BCUT2D eigenvalue weighted by atomic mass is 10.00. The summed E-state index contributed by atoms with van der Waals surface area (Å²) in [7, 11) is 0. The maximum absolute atomic E-state index is 12.0. The maximum atomic E-state index is 12.0. The summed E-state index contributed by atoms with van der Waals surface area (Å²) in [6.07, 6.45) is 3.30. The van der Waals surface area contributed by atoms with Crippen LogP contribution in [-0.4, -0.2) is 24.0 Å². The van der Waals surface area contributed by atoms with Gasteiger partial charge in [0.15, 0.2) is 0 Å². The number of amides is 2. The van der Waals surface area contributed by atoms with E-state index < -0.39 is 0 Å².